The Hall–Kier alpha value is -4.38. The van der Waals surface area contributed by atoms with Gasteiger partial charge in [-0.05, 0) is 31.7 Å². The predicted molar refractivity (Wildman–Crippen MR) is 128 cm³/mol. The fraction of sp³-hybridized carbons (Fsp3) is 0.524. The van der Waals surface area contributed by atoms with Crippen molar-refractivity contribution >= 4 is 23.7 Å². The number of hydrogen-bond acceptors (Lipinski definition) is 12. The molecule has 0 aromatic carbocycles. The Morgan fingerprint density at radius 2 is 2.00 bits per heavy atom. The largest absolute Gasteiger partial charge is 0.501 e. The lowest BCUT2D eigenvalue weighted by Gasteiger charge is -2.39. The van der Waals surface area contributed by atoms with Gasteiger partial charge >= 0.3 is 11.7 Å². The first-order chi connectivity index (χ1) is 17.8. The smallest absolute Gasteiger partial charge is 0.327 e. The number of hydrazine groups is 1. The zero-order valence-corrected chi connectivity index (χ0v) is 20.9. The van der Waals surface area contributed by atoms with Crippen molar-refractivity contribution in [2.45, 2.75) is 31.5 Å². The molecule has 2 aliphatic rings. The number of likely N-dealkylation sites (tertiary alicyclic amines) is 1. The molecule has 208 valence electrons. The second-order valence-electron chi connectivity index (χ2n) is 8.51. The van der Waals surface area contributed by atoms with Crippen LogP contribution in [0.3, 0.4) is 0 Å². The first-order valence-electron chi connectivity index (χ1n) is 11.3. The molecule has 3 atom stereocenters. The fourth-order valence-corrected chi connectivity index (χ4v) is 3.65. The Balaban J connectivity index is 2.09. The normalized spacial score (nSPS) is 19.8. The van der Waals surface area contributed by atoms with Crippen LogP contribution in [0.2, 0.25) is 0 Å². The monoisotopic (exact) mass is 539 g/mol. The van der Waals surface area contributed by atoms with Gasteiger partial charge in [0.15, 0.2) is 0 Å². The SMILES string of the molecule is CCN(C)C(CC1=CC([N+](=O)[O-])=C(O)C([N+](=O)[O-])C=C1)C(=O)NC1CN(CC(=O)N(N)CC(=O)OC)C1=O. The van der Waals surface area contributed by atoms with Gasteiger partial charge in [0.05, 0.1) is 24.6 Å². The lowest BCUT2D eigenvalue weighted by molar-refractivity contribution is -0.507. The maximum absolute atomic E-state index is 13.1. The first kappa shape index (κ1) is 29.8. The van der Waals surface area contributed by atoms with E-state index in [0.717, 1.165) is 24.2 Å². The average molecular weight is 540 g/mol. The summed E-state index contributed by atoms with van der Waals surface area (Å²) in [7, 11) is 2.74. The molecule has 1 aliphatic carbocycles. The summed E-state index contributed by atoms with van der Waals surface area (Å²) in [4.78, 5) is 72.4. The topological polar surface area (TPSA) is 232 Å². The number of β-lactam (4-membered cyclic amide) rings is 1. The molecular formula is C21H29N7O10. The number of nitrogens with two attached hydrogens (primary N) is 1. The number of likely N-dealkylation sites (N-methyl/N-ethyl adjacent to an activating group) is 1. The van der Waals surface area contributed by atoms with Crippen LogP contribution in [0.1, 0.15) is 13.3 Å². The zero-order valence-electron chi connectivity index (χ0n) is 20.9. The number of carbonyl (C=O) groups excluding carboxylic acids is 4. The van der Waals surface area contributed by atoms with E-state index in [0.29, 0.717) is 11.6 Å². The maximum Gasteiger partial charge on any atom is 0.327 e. The second kappa shape index (κ2) is 12.7. The summed E-state index contributed by atoms with van der Waals surface area (Å²) in [6, 6.07) is -3.69. The number of esters is 1. The van der Waals surface area contributed by atoms with E-state index in [9.17, 15) is 44.5 Å². The minimum atomic E-state index is -1.82. The number of nitrogens with one attached hydrogen (secondary N) is 1. The van der Waals surface area contributed by atoms with Gasteiger partial charge in [0.1, 0.15) is 19.1 Å². The third kappa shape index (κ3) is 7.10. The highest BCUT2D eigenvalue weighted by Gasteiger charge is 2.41. The van der Waals surface area contributed by atoms with Crippen molar-refractivity contribution in [2.75, 3.05) is 40.3 Å². The molecule has 1 fully saturated rings. The van der Waals surface area contributed by atoms with Crippen molar-refractivity contribution < 1.29 is 38.9 Å². The number of rotatable bonds is 12. The van der Waals surface area contributed by atoms with Crippen molar-refractivity contribution in [1.82, 2.24) is 20.1 Å². The van der Waals surface area contributed by atoms with Gasteiger partial charge in [-0.2, -0.15) is 0 Å². The number of carbonyl (C=O) groups is 4. The quantitative estimate of drug-likeness (QED) is 0.0615. The van der Waals surface area contributed by atoms with E-state index in [4.69, 9.17) is 5.84 Å². The van der Waals surface area contributed by atoms with Crippen LogP contribution < -0.4 is 11.2 Å². The van der Waals surface area contributed by atoms with Crippen LogP contribution in [0.4, 0.5) is 0 Å². The first-order valence-corrected chi connectivity index (χ1v) is 11.3. The number of ether oxygens (including phenoxy) is 1. The summed E-state index contributed by atoms with van der Waals surface area (Å²) in [6.07, 6.45) is 3.07. The number of aliphatic hydroxyl groups is 1. The van der Waals surface area contributed by atoms with Gasteiger partial charge in [-0.25, -0.2) is 5.84 Å². The number of nitrogens with zero attached hydrogens (tertiary/aromatic N) is 5. The molecule has 3 amide bonds. The molecule has 17 heteroatoms. The number of amides is 3. The molecule has 1 saturated heterocycles. The highest BCUT2D eigenvalue weighted by Crippen LogP contribution is 2.23. The van der Waals surface area contributed by atoms with Gasteiger partial charge in [-0.3, -0.25) is 49.3 Å². The van der Waals surface area contributed by atoms with Gasteiger partial charge in [-0.1, -0.05) is 13.0 Å². The fourth-order valence-electron chi connectivity index (χ4n) is 3.65. The highest BCUT2D eigenvalue weighted by molar-refractivity contribution is 5.96. The van der Waals surface area contributed by atoms with Crippen LogP contribution >= 0.6 is 0 Å². The number of methoxy groups -OCH3 is 1. The van der Waals surface area contributed by atoms with E-state index in [-0.39, 0.29) is 18.5 Å². The van der Waals surface area contributed by atoms with Crippen LogP contribution in [0.25, 0.3) is 0 Å². The van der Waals surface area contributed by atoms with Crippen molar-refractivity contribution in [3.05, 3.63) is 55.5 Å². The van der Waals surface area contributed by atoms with Gasteiger partial charge in [0.25, 0.3) is 17.7 Å². The summed E-state index contributed by atoms with van der Waals surface area (Å²) in [5.41, 5.74) is -0.686. The van der Waals surface area contributed by atoms with Crippen molar-refractivity contribution in [1.29, 1.82) is 0 Å². The molecule has 0 aromatic rings. The molecule has 17 nitrogen and oxygen atoms in total. The average Bonchev–Trinajstić information content (AvgIpc) is 3.03. The Kier molecular flexibility index (Phi) is 10.00. The van der Waals surface area contributed by atoms with Crippen molar-refractivity contribution in [3.8, 4) is 0 Å². The number of hydrogen-bond donors (Lipinski definition) is 3. The molecule has 1 aliphatic heterocycles. The number of aliphatic hydroxyl groups excluding tert-OH is 1. The third-order valence-corrected chi connectivity index (χ3v) is 6.05. The maximum atomic E-state index is 13.1. The molecule has 0 radical (unpaired) electrons. The minimum absolute atomic E-state index is 0.000132. The van der Waals surface area contributed by atoms with Gasteiger partial charge < -0.3 is 20.1 Å². The predicted octanol–water partition coefficient (Wildman–Crippen LogP) is -1.91. The van der Waals surface area contributed by atoms with Crippen molar-refractivity contribution in [3.63, 3.8) is 0 Å². The second-order valence-corrected chi connectivity index (χ2v) is 8.51. The standard InChI is InChI=1S/C21H29N7O10/c1-4-24(2)16(8-12-5-6-14(27(34)35)19(31)15(7-12)28(36)37)20(32)23-13-9-25(21(13)33)10-17(29)26(22)11-18(30)38-3/h5-7,13-14,16,31H,4,8-11,22H2,1-3H3,(H,23,32). The van der Waals surface area contributed by atoms with Crippen LogP contribution in [0.15, 0.2) is 35.3 Å². The molecule has 38 heavy (non-hydrogen) atoms. The summed E-state index contributed by atoms with van der Waals surface area (Å²) in [6.45, 7) is 1.22. The number of allylic oxidation sites excluding steroid dienone is 2. The van der Waals surface area contributed by atoms with Crippen LogP contribution in [0, 0.1) is 20.2 Å². The molecule has 0 spiro atoms. The summed E-state index contributed by atoms with van der Waals surface area (Å²) in [5, 5.41) is 35.8. The Morgan fingerprint density at radius 1 is 1.34 bits per heavy atom. The van der Waals surface area contributed by atoms with E-state index < -0.39 is 76.2 Å². The molecule has 2 rings (SSSR count). The van der Waals surface area contributed by atoms with Crippen molar-refractivity contribution in [2.24, 2.45) is 5.84 Å². The molecule has 0 aromatic heterocycles. The molecule has 0 bridgehead atoms. The molecule has 1 heterocycles. The van der Waals surface area contributed by atoms with E-state index in [1.165, 1.54) is 6.08 Å². The molecule has 0 saturated carbocycles. The Labute approximate surface area is 216 Å². The Morgan fingerprint density at radius 3 is 2.53 bits per heavy atom. The molecule has 4 N–H and O–H groups in total. The summed E-state index contributed by atoms with van der Waals surface area (Å²) in [5.74, 6) is 1.86. The zero-order chi connectivity index (χ0) is 28.7. The lowest BCUT2D eigenvalue weighted by atomic mass is 10.0. The van der Waals surface area contributed by atoms with Crippen LogP contribution in [0.5, 0.6) is 0 Å². The molecular weight excluding hydrogens is 510 g/mol. The highest BCUT2D eigenvalue weighted by atomic mass is 16.6. The summed E-state index contributed by atoms with van der Waals surface area (Å²) >= 11 is 0. The van der Waals surface area contributed by atoms with E-state index in [1.807, 2.05) is 0 Å². The van der Waals surface area contributed by atoms with E-state index in [1.54, 1.807) is 18.9 Å². The van der Waals surface area contributed by atoms with E-state index in [2.05, 4.69) is 10.1 Å². The lowest BCUT2D eigenvalue weighted by Crippen LogP contribution is -2.67. The number of nitro groups is 2. The van der Waals surface area contributed by atoms with Crippen LogP contribution in [-0.2, 0) is 23.9 Å². The minimum Gasteiger partial charge on any atom is -0.501 e. The van der Waals surface area contributed by atoms with Gasteiger partial charge in [-0.15, -0.1) is 0 Å². The van der Waals surface area contributed by atoms with Crippen LogP contribution in [-0.4, -0.2) is 112 Å². The summed E-state index contributed by atoms with van der Waals surface area (Å²) < 4.78 is 4.42. The van der Waals surface area contributed by atoms with Gasteiger partial charge in [0.2, 0.25) is 11.8 Å². The third-order valence-electron chi connectivity index (χ3n) is 6.05. The van der Waals surface area contributed by atoms with E-state index >= 15 is 0 Å². The Bertz CT molecular complexity index is 1100. The van der Waals surface area contributed by atoms with Gasteiger partial charge in [0, 0.05) is 11.0 Å². The molecule has 3 unspecified atom stereocenters.